The lowest BCUT2D eigenvalue weighted by molar-refractivity contribution is -0.166. The lowest BCUT2D eigenvalue weighted by Gasteiger charge is -2.33. The van der Waals surface area contributed by atoms with E-state index in [1.807, 2.05) is 6.92 Å². The molecule has 0 fully saturated rings. The molecule has 0 amide bonds. The molecule has 0 spiro atoms. The fourth-order valence-electron chi connectivity index (χ4n) is 1.29. The van der Waals surface area contributed by atoms with Crippen LogP contribution in [0.4, 0.5) is 0 Å². The molecule has 0 aromatic heterocycles. The van der Waals surface area contributed by atoms with Gasteiger partial charge in [-0.3, -0.25) is 4.57 Å². The van der Waals surface area contributed by atoms with Crippen molar-refractivity contribution in [3.63, 3.8) is 0 Å². The molecular weight excluding hydrogens is 203 g/mol. The Bertz CT molecular complexity index is 199. The SMILES string of the molecule is CCCP(=O)(O)C(C)(OCC)OCC. The van der Waals surface area contributed by atoms with E-state index in [-0.39, 0.29) is 6.16 Å². The number of rotatable bonds is 7. The number of hydrogen-bond acceptors (Lipinski definition) is 3. The summed E-state index contributed by atoms with van der Waals surface area (Å²) in [7, 11) is -3.39. The van der Waals surface area contributed by atoms with Gasteiger partial charge in [0.1, 0.15) is 0 Å². The van der Waals surface area contributed by atoms with Crippen LogP contribution < -0.4 is 0 Å². The first-order chi connectivity index (χ1) is 6.43. The Balaban J connectivity index is 4.69. The quantitative estimate of drug-likeness (QED) is 0.533. The summed E-state index contributed by atoms with van der Waals surface area (Å²) < 4.78 is 22.4. The average Bonchev–Trinajstić information content (AvgIpc) is 2.04. The van der Waals surface area contributed by atoms with Gasteiger partial charge in [-0.1, -0.05) is 6.92 Å². The lowest BCUT2D eigenvalue weighted by Crippen LogP contribution is -2.33. The van der Waals surface area contributed by atoms with Gasteiger partial charge in [-0.25, -0.2) is 0 Å². The molecule has 0 radical (unpaired) electrons. The second-order valence-corrected chi connectivity index (χ2v) is 5.85. The largest absolute Gasteiger partial charge is 0.342 e. The minimum absolute atomic E-state index is 0.226. The van der Waals surface area contributed by atoms with E-state index in [1.165, 1.54) is 6.92 Å². The van der Waals surface area contributed by atoms with Crippen molar-refractivity contribution in [2.45, 2.75) is 39.6 Å². The monoisotopic (exact) mass is 224 g/mol. The van der Waals surface area contributed by atoms with E-state index in [2.05, 4.69) is 0 Å². The van der Waals surface area contributed by atoms with Crippen LogP contribution in [-0.4, -0.2) is 29.8 Å². The summed E-state index contributed by atoms with van der Waals surface area (Å²) in [5, 5.41) is 0. The van der Waals surface area contributed by atoms with Gasteiger partial charge in [0.05, 0.1) is 0 Å². The molecule has 4 nitrogen and oxygen atoms in total. The first-order valence-corrected chi connectivity index (χ1v) is 6.87. The normalized spacial score (nSPS) is 16.6. The summed E-state index contributed by atoms with van der Waals surface area (Å²) in [5.41, 5.74) is -1.34. The molecule has 0 aliphatic carbocycles. The van der Waals surface area contributed by atoms with Gasteiger partial charge >= 0.3 is 0 Å². The summed E-state index contributed by atoms with van der Waals surface area (Å²) in [6.07, 6.45) is 0.868. The van der Waals surface area contributed by atoms with E-state index in [0.29, 0.717) is 19.6 Å². The molecule has 0 aliphatic rings. The van der Waals surface area contributed by atoms with Gasteiger partial charge in [-0.15, -0.1) is 0 Å². The molecule has 86 valence electrons. The number of ether oxygens (including phenoxy) is 2. The molecule has 0 heterocycles. The van der Waals surface area contributed by atoms with Crippen LogP contribution in [0.3, 0.4) is 0 Å². The molecule has 14 heavy (non-hydrogen) atoms. The maximum absolute atomic E-state index is 11.9. The summed E-state index contributed by atoms with van der Waals surface area (Å²) in [5.74, 6) is 0. The minimum Gasteiger partial charge on any atom is -0.342 e. The van der Waals surface area contributed by atoms with Crippen LogP contribution in [0.1, 0.15) is 34.1 Å². The Morgan fingerprint density at radius 3 is 1.93 bits per heavy atom. The Labute approximate surface area is 86.1 Å². The zero-order chi connectivity index (χ0) is 11.2. The van der Waals surface area contributed by atoms with Crippen molar-refractivity contribution in [1.29, 1.82) is 0 Å². The summed E-state index contributed by atoms with van der Waals surface area (Å²) >= 11 is 0. The van der Waals surface area contributed by atoms with Gasteiger partial charge in [0.15, 0.2) is 0 Å². The predicted molar refractivity (Wildman–Crippen MR) is 56.6 cm³/mol. The predicted octanol–water partition coefficient (Wildman–Crippen LogP) is 2.41. The Kier molecular flexibility index (Phi) is 5.91. The molecule has 0 saturated heterocycles. The molecule has 5 heteroatoms. The molecule has 0 saturated carbocycles. The fourth-order valence-corrected chi connectivity index (χ4v) is 2.96. The zero-order valence-corrected chi connectivity index (χ0v) is 10.3. The van der Waals surface area contributed by atoms with Gasteiger partial charge in [0.2, 0.25) is 5.53 Å². The van der Waals surface area contributed by atoms with Crippen LogP contribution in [0.25, 0.3) is 0 Å². The van der Waals surface area contributed by atoms with Crippen LogP contribution in [0, 0.1) is 0 Å². The van der Waals surface area contributed by atoms with Gasteiger partial charge in [-0.2, -0.15) is 0 Å². The highest BCUT2D eigenvalue weighted by Crippen LogP contribution is 2.55. The molecule has 1 unspecified atom stereocenters. The van der Waals surface area contributed by atoms with Crippen LogP contribution in [0.5, 0.6) is 0 Å². The van der Waals surface area contributed by atoms with Crippen LogP contribution in [0.15, 0.2) is 0 Å². The Morgan fingerprint density at radius 2 is 1.64 bits per heavy atom. The molecule has 0 rings (SSSR count). The third-order valence-electron chi connectivity index (χ3n) is 1.99. The molecule has 1 N–H and O–H groups in total. The van der Waals surface area contributed by atoms with Gasteiger partial charge in [0.25, 0.3) is 7.37 Å². The maximum atomic E-state index is 11.9. The molecule has 0 aliphatic heterocycles. The summed E-state index contributed by atoms with van der Waals surface area (Å²) in [6.45, 7) is 7.69. The van der Waals surface area contributed by atoms with Crippen LogP contribution >= 0.6 is 7.37 Å². The fraction of sp³-hybridized carbons (Fsp3) is 1.00. The highest BCUT2D eigenvalue weighted by Gasteiger charge is 2.44. The van der Waals surface area contributed by atoms with E-state index < -0.39 is 12.9 Å². The molecular formula is C9H21O4P. The number of hydrogen-bond donors (Lipinski definition) is 1. The van der Waals surface area contributed by atoms with Gasteiger partial charge < -0.3 is 14.4 Å². The Hall–Kier alpha value is 0.110. The standard InChI is InChI=1S/C9H21O4P/c1-5-8-14(10,11)9(4,12-6-2)13-7-3/h5-8H2,1-4H3,(H,10,11). The third kappa shape index (κ3) is 3.35. The van der Waals surface area contributed by atoms with E-state index in [1.54, 1.807) is 13.8 Å². The highest BCUT2D eigenvalue weighted by molar-refractivity contribution is 7.59. The Morgan fingerprint density at radius 1 is 1.21 bits per heavy atom. The molecule has 0 aromatic carbocycles. The maximum Gasteiger partial charge on any atom is 0.257 e. The van der Waals surface area contributed by atoms with Crippen molar-refractivity contribution in [3.05, 3.63) is 0 Å². The van der Waals surface area contributed by atoms with Crippen molar-refractivity contribution in [2.75, 3.05) is 19.4 Å². The van der Waals surface area contributed by atoms with E-state index in [0.717, 1.165) is 0 Å². The van der Waals surface area contributed by atoms with Crippen molar-refractivity contribution in [3.8, 4) is 0 Å². The van der Waals surface area contributed by atoms with Crippen molar-refractivity contribution >= 4 is 7.37 Å². The summed E-state index contributed by atoms with van der Waals surface area (Å²) in [4.78, 5) is 9.80. The van der Waals surface area contributed by atoms with E-state index in [9.17, 15) is 9.46 Å². The van der Waals surface area contributed by atoms with Crippen molar-refractivity contribution in [1.82, 2.24) is 0 Å². The minimum atomic E-state index is -3.39. The lowest BCUT2D eigenvalue weighted by atomic mass is 10.6. The van der Waals surface area contributed by atoms with Gasteiger partial charge in [0, 0.05) is 19.4 Å². The average molecular weight is 224 g/mol. The van der Waals surface area contributed by atoms with Crippen molar-refractivity contribution < 1.29 is 18.9 Å². The molecule has 0 bridgehead atoms. The zero-order valence-electron chi connectivity index (χ0n) is 9.45. The summed E-state index contributed by atoms with van der Waals surface area (Å²) in [6, 6.07) is 0. The first kappa shape index (κ1) is 14.1. The topological polar surface area (TPSA) is 55.8 Å². The highest BCUT2D eigenvalue weighted by atomic mass is 31.2. The second-order valence-electron chi connectivity index (χ2n) is 3.19. The van der Waals surface area contributed by atoms with Crippen molar-refractivity contribution in [2.24, 2.45) is 0 Å². The smallest absolute Gasteiger partial charge is 0.257 e. The third-order valence-corrected chi connectivity index (χ3v) is 4.57. The second kappa shape index (κ2) is 5.86. The van der Waals surface area contributed by atoms with Crippen LogP contribution in [0.2, 0.25) is 0 Å². The first-order valence-electron chi connectivity index (χ1n) is 5.03. The van der Waals surface area contributed by atoms with E-state index >= 15 is 0 Å². The molecule has 1 atom stereocenters. The van der Waals surface area contributed by atoms with Crippen LogP contribution in [-0.2, 0) is 14.0 Å². The molecule has 0 aromatic rings. The van der Waals surface area contributed by atoms with Gasteiger partial charge in [-0.05, 0) is 27.2 Å². The van der Waals surface area contributed by atoms with E-state index in [4.69, 9.17) is 9.47 Å².